The molecular formula is C10H9PS. The largest absolute Gasteiger partial charge is 0.143 e. The van der Waals surface area contributed by atoms with E-state index in [-0.39, 0.29) is 0 Å². The topological polar surface area (TPSA) is 0 Å². The van der Waals surface area contributed by atoms with Crippen molar-refractivity contribution in [3.63, 3.8) is 0 Å². The zero-order valence-corrected chi connectivity index (χ0v) is 8.54. The van der Waals surface area contributed by atoms with E-state index in [2.05, 4.69) is 40.1 Å². The van der Waals surface area contributed by atoms with E-state index in [0.717, 1.165) is 4.90 Å². The van der Waals surface area contributed by atoms with Crippen molar-refractivity contribution in [3.05, 3.63) is 36.4 Å². The molecule has 2 heteroatoms. The molecule has 0 aliphatic carbocycles. The summed E-state index contributed by atoms with van der Waals surface area (Å²) in [5.41, 5.74) is 0. The lowest BCUT2D eigenvalue weighted by atomic mass is 10.1. The Hall–Kier alpha value is -0.520. The molecule has 0 fully saturated rings. The van der Waals surface area contributed by atoms with Crippen LogP contribution in [0.1, 0.15) is 0 Å². The van der Waals surface area contributed by atoms with Gasteiger partial charge in [0.1, 0.15) is 0 Å². The van der Waals surface area contributed by atoms with Gasteiger partial charge in [-0.05, 0) is 22.1 Å². The van der Waals surface area contributed by atoms with Gasteiger partial charge in [0, 0.05) is 4.90 Å². The van der Waals surface area contributed by atoms with E-state index >= 15 is 0 Å². The van der Waals surface area contributed by atoms with Crippen molar-refractivity contribution in [3.8, 4) is 0 Å². The van der Waals surface area contributed by atoms with E-state index in [4.69, 9.17) is 0 Å². The summed E-state index contributed by atoms with van der Waals surface area (Å²) in [5, 5.41) is 3.70. The summed E-state index contributed by atoms with van der Waals surface area (Å²) >= 11 is 4.35. The average Bonchev–Trinajstić information content (AvgIpc) is 2.12. The molecule has 0 nitrogen and oxygen atoms in total. The first-order valence-corrected chi connectivity index (χ1v) is 4.77. The van der Waals surface area contributed by atoms with Crippen LogP contribution in [-0.2, 0) is 0 Å². The number of benzene rings is 2. The van der Waals surface area contributed by atoms with Gasteiger partial charge in [-0.1, -0.05) is 30.3 Å². The first-order chi connectivity index (χ1) is 5.79. The van der Waals surface area contributed by atoms with Crippen LogP contribution in [0.5, 0.6) is 0 Å². The predicted molar refractivity (Wildman–Crippen MR) is 60.5 cm³/mol. The van der Waals surface area contributed by atoms with Crippen molar-refractivity contribution in [1.82, 2.24) is 0 Å². The highest BCUT2D eigenvalue weighted by Crippen LogP contribution is 2.17. The molecule has 0 heterocycles. The van der Waals surface area contributed by atoms with Crippen LogP contribution < -0.4 is 5.30 Å². The van der Waals surface area contributed by atoms with Crippen LogP contribution in [0.4, 0.5) is 0 Å². The molecule has 0 saturated heterocycles. The van der Waals surface area contributed by atoms with Crippen LogP contribution in [0.3, 0.4) is 0 Å². The van der Waals surface area contributed by atoms with Crippen LogP contribution in [0.15, 0.2) is 41.3 Å². The van der Waals surface area contributed by atoms with Gasteiger partial charge in [-0.15, -0.1) is 21.9 Å². The van der Waals surface area contributed by atoms with Gasteiger partial charge < -0.3 is 0 Å². The maximum absolute atomic E-state index is 4.35. The summed E-state index contributed by atoms with van der Waals surface area (Å²) in [4.78, 5) is 1.03. The van der Waals surface area contributed by atoms with Crippen molar-refractivity contribution in [1.29, 1.82) is 0 Å². The number of rotatable bonds is 0. The zero-order chi connectivity index (χ0) is 8.55. The van der Waals surface area contributed by atoms with Crippen LogP contribution in [0, 0.1) is 0 Å². The molecule has 0 saturated carbocycles. The lowest BCUT2D eigenvalue weighted by Crippen LogP contribution is -1.94. The molecule has 0 aliphatic heterocycles. The number of hydrogen-bond donors (Lipinski definition) is 1. The SMILES string of the molecule is Pc1c(S)ccc2ccccc12. The maximum Gasteiger partial charge on any atom is 0.0118 e. The van der Waals surface area contributed by atoms with Gasteiger partial charge in [-0.3, -0.25) is 0 Å². The molecule has 1 unspecified atom stereocenters. The Labute approximate surface area is 79.6 Å². The Kier molecular flexibility index (Phi) is 2.08. The van der Waals surface area contributed by atoms with Gasteiger partial charge in [-0.2, -0.15) is 0 Å². The monoisotopic (exact) mass is 192 g/mol. The van der Waals surface area contributed by atoms with E-state index in [1.807, 2.05) is 18.2 Å². The van der Waals surface area contributed by atoms with Crippen molar-refractivity contribution < 1.29 is 0 Å². The maximum atomic E-state index is 4.35. The Morgan fingerprint density at radius 2 is 1.75 bits per heavy atom. The number of hydrogen-bond acceptors (Lipinski definition) is 1. The molecule has 0 spiro atoms. The van der Waals surface area contributed by atoms with E-state index in [9.17, 15) is 0 Å². The molecule has 0 bridgehead atoms. The molecule has 0 radical (unpaired) electrons. The van der Waals surface area contributed by atoms with Gasteiger partial charge in [-0.25, -0.2) is 0 Å². The molecule has 0 aliphatic rings. The van der Waals surface area contributed by atoms with Crippen molar-refractivity contribution >= 4 is 37.9 Å². The summed E-state index contributed by atoms with van der Waals surface area (Å²) in [5.74, 6) is 0. The van der Waals surface area contributed by atoms with Gasteiger partial charge in [0.2, 0.25) is 0 Å². The third kappa shape index (κ3) is 1.24. The van der Waals surface area contributed by atoms with Gasteiger partial charge in [0.05, 0.1) is 0 Å². The van der Waals surface area contributed by atoms with Crippen LogP contribution in [-0.4, -0.2) is 0 Å². The lowest BCUT2D eigenvalue weighted by Gasteiger charge is -2.03. The fourth-order valence-corrected chi connectivity index (χ4v) is 1.84. The average molecular weight is 192 g/mol. The summed E-state index contributed by atoms with van der Waals surface area (Å²) in [6.07, 6.45) is 0. The Morgan fingerprint density at radius 3 is 2.58 bits per heavy atom. The highest BCUT2D eigenvalue weighted by atomic mass is 32.1. The third-order valence-corrected chi connectivity index (χ3v) is 3.20. The number of fused-ring (bicyclic) bond motifs is 1. The molecular weight excluding hydrogens is 183 g/mol. The lowest BCUT2D eigenvalue weighted by molar-refractivity contribution is 1.59. The molecule has 2 rings (SSSR count). The summed E-state index contributed by atoms with van der Waals surface area (Å²) < 4.78 is 0. The zero-order valence-electron chi connectivity index (χ0n) is 6.49. The Balaban J connectivity index is 2.91. The van der Waals surface area contributed by atoms with Crippen LogP contribution in [0.2, 0.25) is 0 Å². The Bertz CT molecular complexity index is 423. The van der Waals surface area contributed by atoms with E-state index < -0.39 is 0 Å². The number of thiol groups is 1. The fraction of sp³-hybridized carbons (Fsp3) is 0. The first kappa shape index (κ1) is 8.10. The minimum absolute atomic E-state index is 1.03. The van der Waals surface area contributed by atoms with Gasteiger partial charge >= 0.3 is 0 Å². The molecule has 0 aromatic heterocycles. The molecule has 0 amide bonds. The van der Waals surface area contributed by atoms with E-state index in [1.54, 1.807) is 0 Å². The Morgan fingerprint density at radius 1 is 1.00 bits per heavy atom. The fourth-order valence-electron chi connectivity index (χ4n) is 1.28. The smallest absolute Gasteiger partial charge is 0.0118 e. The quantitative estimate of drug-likeness (QED) is 0.481. The van der Waals surface area contributed by atoms with Gasteiger partial charge in [0.25, 0.3) is 0 Å². The molecule has 60 valence electrons. The standard InChI is InChI=1S/C10H9PS/c11-10-8-4-2-1-3-7(8)5-6-9(10)12/h1-6,12H,11H2. The van der Waals surface area contributed by atoms with Crippen molar-refractivity contribution in [2.24, 2.45) is 0 Å². The highest BCUT2D eigenvalue weighted by Gasteiger charge is 1.98. The minimum atomic E-state index is 1.03. The molecule has 1 atom stereocenters. The second-order valence-electron chi connectivity index (χ2n) is 2.72. The third-order valence-electron chi connectivity index (χ3n) is 1.95. The van der Waals surface area contributed by atoms with E-state index in [1.165, 1.54) is 16.1 Å². The second kappa shape index (κ2) is 3.08. The van der Waals surface area contributed by atoms with Crippen molar-refractivity contribution in [2.45, 2.75) is 4.90 Å². The normalized spacial score (nSPS) is 10.5. The van der Waals surface area contributed by atoms with Crippen LogP contribution in [0.25, 0.3) is 10.8 Å². The van der Waals surface area contributed by atoms with Crippen LogP contribution >= 0.6 is 21.9 Å². The van der Waals surface area contributed by atoms with Crippen molar-refractivity contribution in [2.75, 3.05) is 0 Å². The molecule has 2 aromatic carbocycles. The van der Waals surface area contributed by atoms with Gasteiger partial charge in [0.15, 0.2) is 0 Å². The highest BCUT2D eigenvalue weighted by molar-refractivity contribution is 7.80. The molecule has 0 N–H and O–H groups in total. The summed E-state index contributed by atoms with van der Waals surface area (Å²) in [6.45, 7) is 0. The second-order valence-corrected chi connectivity index (χ2v) is 3.78. The summed E-state index contributed by atoms with van der Waals surface area (Å²) in [6, 6.07) is 12.4. The summed E-state index contributed by atoms with van der Waals surface area (Å²) in [7, 11) is 2.73. The molecule has 2 aromatic rings. The predicted octanol–water partition coefficient (Wildman–Crippen LogP) is 2.63. The first-order valence-electron chi connectivity index (χ1n) is 3.75. The van der Waals surface area contributed by atoms with E-state index in [0.29, 0.717) is 0 Å². The minimum Gasteiger partial charge on any atom is -0.143 e. The molecule has 12 heavy (non-hydrogen) atoms.